The van der Waals surface area contributed by atoms with Gasteiger partial charge in [0.2, 0.25) is 0 Å². The van der Waals surface area contributed by atoms with Crippen LogP contribution in [0.4, 0.5) is 19.0 Å². The molecule has 0 saturated carbocycles. The summed E-state index contributed by atoms with van der Waals surface area (Å²) >= 11 is 5.96. The second-order valence-corrected chi connectivity index (χ2v) is 5.35. The Labute approximate surface area is 128 Å². The number of nitrogens with zero attached hydrogens (tertiary/aromatic N) is 4. The van der Waals surface area contributed by atoms with Gasteiger partial charge in [0.25, 0.3) is 0 Å². The topological polar surface area (TPSA) is 54.2 Å². The molecule has 0 spiro atoms. The maximum Gasteiger partial charge on any atom is 0.417 e. The molecule has 22 heavy (non-hydrogen) atoms. The number of alkyl halides is 3. The van der Waals surface area contributed by atoms with E-state index in [0.29, 0.717) is 25.5 Å². The molecule has 9 heteroatoms. The first-order valence-electron chi connectivity index (χ1n) is 6.52. The van der Waals surface area contributed by atoms with Crippen molar-refractivity contribution in [3.8, 4) is 0 Å². The maximum absolute atomic E-state index is 12.6. The van der Waals surface area contributed by atoms with Gasteiger partial charge in [0, 0.05) is 18.3 Å². The third-order valence-corrected chi connectivity index (χ3v) is 3.78. The Bertz CT molecular complexity index is 701. The van der Waals surface area contributed by atoms with Crippen LogP contribution in [0.2, 0.25) is 5.02 Å². The minimum Gasteiger partial charge on any atom is -0.394 e. The lowest BCUT2D eigenvalue weighted by atomic mass is 10.2. The number of aromatic nitrogens is 3. The summed E-state index contributed by atoms with van der Waals surface area (Å²) in [7, 11) is 0. The van der Waals surface area contributed by atoms with E-state index in [1.807, 2.05) is 0 Å². The van der Waals surface area contributed by atoms with Crippen LogP contribution in [0.3, 0.4) is 0 Å². The number of anilines is 1. The zero-order valence-electron chi connectivity index (χ0n) is 11.3. The third kappa shape index (κ3) is 2.64. The number of aliphatic hydroxyl groups is 1. The van der Waals surface area contributed by atoms with Crippen LogP contribution in [0.25, 0.3) is 0 Å². The SMILES string of the molecule is OCCn1ncc2c1CN(c1ncc(C(F)(F)F)cc1Cl)C2. The van der Waals surface area contributed by atoms with Gasteiger partial charge in [-0.3, -0.25) is 4.68 Å². The molecule has 118 valence electrons. The first-order valence-corrected chi connectivity index (χ1v) is 6.90. The molecule has 0 saturated heterocycles. The van der Waals surface area contributed by atoms with Gasteiger partial charge in [0.1, 0.15) is 5.82 Å². The summed E-state index contributed by atoms with van der Waals surface area (Å²) in [6, 6.07) is 0.882. The monoisotopic (exact) mass is 332 g/mol. The zero-order chi connectivity index (χ0) is 15.9. The van der Waals surface area contributed by atoms with E-state index in [9.17, 15) is 13.2 Å². The lowest BCUT2D eigenvalue weighted by Crippen LogP contribution is -2.19. The molecule has 0 unspecified atom stereocenters. The van der Waals surface area contributed by atoms with Crippen LogP contribution in [0.15, 0.2) is 18.5 Å². The molecule has 0 aliphatic carbocycles. The third-order valence-electron chi connectivity index (χ3n) is 3.50. The van der Waals surface area contributed by atoms with Gasteiger partial charge in [0.05, 0.1) is 42.2 Å². The van der Waals surface area contributed by atoms with Crippen LogP contribution in [-0.2, 0) is 25.8 Å². The van der Waals surface area contributed by atoms with E-state index in [-0.39, 0.29) is 11.6 Å². The number of pyridine rings is 1. The first kappa shape index (κ1) is 15.1. The molecule has 2 aromatic heterocycles. The molecule has 1 N–H and O–H groups in total. The maximum atomic E-state index is 12.6. The molecule has 0 fully saturated rings. The van der Waals surface area contributed by atoms with Crippen LogP contribution in [0.1, 0.15) is 16.8 Å². The molecule has 3 heterocycles. The normalized spacial score (nSPS) is 14.5. The summed E-state index contributed by atoms with van der Waals surface area (Å²) in [5, 5.41) is 13.1. The fourth-order valence-electron chi connectivity index (χ4n) is 2.46. The van der Waals surface area contributed by atoms with Crippen molar-refractivity contribution in [3.05, 3.63) is 40.3 Å². The molecule has 1 aliphatic heterocycles. The predicted octanol–water partition coefficient (Wildman–Crippen LogP) is 2.46. The highest BCUT2D eigenvalue weighted by molar-refractivity contribution is 6.33. The molecule has 1 aliphatic rings. The Hall–Kier alpha value is -1.80. The number of rotatable bonds is 3. The average molecular weight is 333 g/mol. The van der Waals surface area contributed by atoms with E-state index >= 15 is 0 Å². The van der Waals surface area contributed by atoms with Crippen LogP contribution >= 0.6 is 11.6 Å². The van der Waals surface area contributed by atoms with Crippen molar-refractivity contribution in [2.75, 3.05) is 11.5 Å². The van der Waals surface area contributed by atoms with E-state index in [2.05, 4.69) is 10.1 Å². The van der Waals surface area contributed by atoms with Crippen LogP contribution in [-0.4, -0.2) is 26.5 Å². The molecule has 0 bridgehead atoms. The van der Waals surface area contributed by atoms with Gasteiger partial charge < -0.3 is 10.0 Å². The van der Waals surface area contributed by atoms with Gasteiger partial charge in [0.15, 0.2) is 0 Å². The lowest BCUT2D eigenvalue weighted by molar-refractivity contribution is -0.137. The molecule has 0 atom stereocenters. The highest BCUT2D eigenvalue weighted by Crippen LogP contribution is 2.36. The van der Waals surface area contributed by atoms with E-state index in [4.69, 9.17) is 16.7 Å². The van der Waals surface area contributed by atoms with Crippen molar-refractivity contribution in [2.24, 2.45) is 0 Å². The highest BCUT2D eigenvalue weighted by Gasteiger charge is 2.33. The summed E-state index contributed by atoms with van der Waals surface area (Å²) in [6.45, 7) is 1.25. The van der Waals surface area contributed by atoms with Crippen molar-refractivity contribution in [1.82, 2.24) is 14.8 Å². The Morgan fingerprint density at radius 1 is 1.27 bits per heavy atom. The number of hydrogen-bond acceptors (Lipinski definition) is 4. The summed E-state index contributed by atoms with van der Waals surface area (Å²) in [5.74, 6) is 0.307. The summed E-state index contributed by atoms with van der Waals surface area (Å²) < 4.78 is 39.6. The Kier molecular flexibility index (Phi) is 3.73. The molecule has 3 rings (SSSR count). The fraction of sp³-hybridized carbons (Fsp3) is 0.385. The van der Waals surface area contributed by atoms with Gasteiger partial charge >= 0.3 is 6.18 Å². The molecule has 0 radical (unpaired) electrons. The molecule has 5 nitrogen and oxygen atoms in total. The smallest absolute Gasteiger partial charge is 0.394 e. The van der Waals surface area contributed by atoms with Crippen LogP contribution in [0.5, 0.6) is 0 Å². The van der Waals surface area contributed by atoms with E-state index in [0.717, 1.165) is 23.5 Å². The van der Waals surface area contributed by atoms with Gasteiger partial charge in [-0.25, -0.2) is 4.98 Å². The molecule has 0 amide bonds. The summed E-state index contributed by atoms with van der Waals surface area (Å²) in [4.78, 5) is 5.64. The Morgan fingerprint density at radius 3 is 2.68 bits per heavy atom. The number of fused-ring (bicyclic) bond motifs is 1. The standard InChI is InChI=1S/C13H12ClF3N4O/c14-10-3-9(13(15,16)17)5-18-12(10)20-6-8-4-19-21(1-2-22)11(8)7-20/h3-5,22H,1-2,6-7H2. The van der Waals surface area contributed by atoms with Crippen molar-refractivity contribution >= 4 is 17.4 Å². The molecule has 2 aromatic rings. The molecular weight excluding hydrogens is 321 g/mol. The second-order valence-electron chi connectivity index (χ2n) is 4.95. The van der Waals surface area contributed by atoms with Crippen molar-refractivity contribution in [2.45, 2.75) is 25.8 Å². The van der Waals surface area contributed by atoms with Crippen LogP contribution < -0.4 is 4.90 Å². The minimum absolute atomic E-state index is 0.0343. The van der Waals surface area contributed by atoms with Crippen molar-refractivity contribution in [1.29, 1.82) is 0 Å². The Balaban J connectivity index is 1.85. The van der Waals surface area contributed by atoms with Crippen molar-refractivity contribution < 1.29 is 18.3 Å². The van der Waals surface area contributed by atoms with E-state index in [1.165, 1.54) is 0 Å². The minimum atomic E-state index is -4.47. The number of aliphatic hydroxyl groups excluding tert-OH is 1. The van der Waals surface area contributed by atoms with Gasteiger partial charge in [-0.1, -0.05) is 11.6 Å². The predicted molar refractivity (Wildman–Crippen MR) is 73.4 cm³/mol. The van der Waals surface area contributed by atoms with E-state index < -0.39 is 11.7 Å². The number of hydrogen-bond donors (Lipinski definition) is 1. The van der Waals surface area contributed by atoms with Crippen molar-refractivity contribution in [3.63, 3.8) is 0 Å². The Morgan fingerprint density at radius 2 is 2.05 bits per heavy atom. The van der Waals surface area contributed by atoms with Gasteiger partial charge in [-0.15, -0.1) is 0 Å². The highest BCUT2D eigenvalue weighted by atomic mass is 35.5. The summed E-state index contributed by atoms with van der Waals surface area (Å²) in [6.07, 6.45) is -2.00. The fourth-order valence-corrected chi connectivity index (χ4v) is 2.75. The zero-order valence-corrected chi connectivity index (χ0v) is 12.1. The van der Waals surface area contributed by atoms with E-state index in [1.54, 1.807) is 15.8 Å². The molecule has 0 aromatic carbocycles. The first-order chi connectivity index (χ1) is 10.4. The second kappa shape index (κ2) is 5.44. The quantitative estimate of drug-likeness (QED) is 0.938. The van der Waals surface area contributed by atoms with Gasteiger partial charge in [-0.05, 0) is 6.07 Å². The number of halogens is 4. The van der Waals surface area contributed by atoms with Gasteiger partial charge in [-0.2, -0.15) is 18.3 Å². The summed E-state index contributed by atoms with van der Waals surface area (Å²) in [5.41, 5.74) is 0.988. The largest absolute Gasteiger partial charge is 0.417 e. The lowest BCUT2D eigenvalue weighted by Gasteiger charge is -2.19. The average Bonchev–Trinajstić information content (AvgIpc) is 3.00. The van der Waals surface area contributed by atoms with Crippen LogP contribution in [0, 0.1) is 0 Å². The molecular formula is C13H12ClF3N4O.